The minimum absolute atomic E-state index is 0.103. The molecule has 0 saturated carbocycles. The maximum atomic E-state index is 11.0. The summed E-state index contributed by atoms with van der Waals surface area (Å²) in [6.07, 6.45) is -2.27. The van der Waals surface area contributed by atoms with Crippen molar-refractivity contribution >= 4 is 28.9 Å². The van der Waals surface area contributed by atoms with Gasteiger partial charge in [-0.05, 0) is 0 Å². The summed E-state index contributed by atoms with van der Waals surface area (Å²) >= 11 is 6.43. The zero-order valence-corrected chi connectivity index (χ0v) is 9.46. The van der Waals surface area contributed by atoms with Crippen molar-refractivity contribution in [2.24, 2.45) is 0 Å². The van der Waals surface area contributed by atoms with Gasteiger partial charge < -0.3 is 14.9 Å². The molecule has 0 spiro atoms. The second kappa shape index (κ2) is 5.41. The van der Waals surface area contributed by atoms with Gasteiger partial charge in [0, 0.05) is 5.38 Å². The Balaban J connectivity index is 2.79. The molecule has 5 nitrogen and oxygen atoms in total. The zero-order valence-electron chi connectivity index (χ0n) is 7.88. The van der Waals surface area contributed by atoms with Crippen LogP contribution in [0.15, 0.2) is 5.38 Å². The standard InChI is InChI=1S/C8H10ClNO4S/c1-14-8(13)4-3-15-7(10-4)6(12)5(11)2-9/h3,5-6,11-12H,2H2,1H3. The molecule has 0 amide bonds. The number of rotatable bonds is 4. The van der Waals surface area contributed by atoms with Gasteiger partial charge in [-0.15, -0.1) is 22.9 Å². The van der Waals surface area contributed by atoms with E-state index >= 15 is 0 Å². The minimum atomic E-state index is -1.18. The summed E-state index contributed by atoms with van der Waals surface area (Å²) < 4.78 is 4.45. The predicted molar refractivity (Wildman–Crippen MR) is 55.1 cm³/mol. The third-order valence-electron chi connectivity index (χ3n) is 1.69. The maximum Gasteiger partial charge on any atom is 0.357 e. The van der Waals surface area contributed by atoms with Crippen LogP contribution in [0.3, 0.4) is 0 Å². The van der Waals surface area contributed by atoms with Crippen LogP contribution in [0.25, 0.3) is 0 Å². The van der Waals surface area contributed by atoms with Crippen molar-refractivity contribution in [1.82, 2.24) is 4.98 Å². The number of halogens is 1. The molecule has 0 aromatic carbocycles. The highest BCUT2D eigenvalue weighted by atomic mass is 35.5. The Bertz CT molecular complexity index is 343. The number of carbonyl (C=O) groups excluding carboxylic acids is 1. The number of methoxy groups -OCH3 is 1. The van der Waals surface area contributed by atoms with Gasteiger partial charge in [0.25, 0.3) is 0 Å². The average Bonchev–Trinajstić information content (AvgIpc) is 2.75. The third-order valence-corrected chi connectivity index (χ3v) is 2.92. The zero-order chi connectivity index (χ0) is 11.4. The Morgan fingerprint density at radius 2 is 2.40 bits per heavy atom. The van der Waals surface area contributed by atoms with Gasteiger partial charge in [0.2, 0.25) is 0 Å². The van der Waals surface area contributed by atoms with Crippen molar-refractivity contribution in [2.75, 3.05) is 13.0 Å². The van der Waals surface area contributed by atoms with Crippen molar-refractivity contribution in [2.45, 2.75) is 12.2 Å². The number of hydrogen-bond donors (Lipinski definition) is 2. The van der Waals surface area contributed by atoms with Crippen LogP contribution in [0, 0.1) is 0 Å². The Kier molecular flexibility index (Phi) is 4.46. The van der Waals surface area contributed by atoms with E-state index in [0.29, 0.717) is 0 Å². The molecule has 0 aliphatic carbocycles. The molecule has 1 aromatic rings. The molecular weight excluding hydrogens is 242 g/mol. The molecule has 0 bridgehead atoms. The van der Waals surface area contributed by atoms with Gasteiger partial charge in [-0.2, -0.15) is 0 Å². The Morgan fingerprint density at radius 1 is 1.73 bits per heavy atom. The topological polar surface area (TPSA) is 79.7 Å². The van der Waals surface area contributed by atoms with E-state index in [1.54, 1.807) is 0 Å². The normalized spacial score (nSPS) is 14.7. The highest BCUT2D eigenvalue weighted by Gasteiger charge is 2.22. The molecule has 7 heteroatoms. The molecule has 1 aromatic heterocycles. The maximum absolute atomic E-state index is 11.0. The number of thiazole rings is 1. The van der Waals surface area contributed by atoms with Crippen molar-refractivity contribution in [1.29, 1.82) is 0 Å². The van der Waals surface area contributed by atoms with E-state index in [0.717, 1.165) is 11.3 Å². The largest absolute Gasteiger partial charge is 0.464 e. The fourth-order valence-corrected chi connectivity index (χ4v) is 1.87. The lowest BCUT2D eigenvalue weighted by molar-refractivity contribution is 0.0322. The van der Waals surface area contributed by atoms with E-state index in [9.17, 15) is 15.0 Å². The number of nitrogens with zero attached hydrogens (tertiary/aromatic N) is 1. The van der Waals surface area contributed by atoms with E-state index in [-0.39, 0.29) is 16.6 Å². The molecule has 2 N–H and O–H groups in total. The number of aromatic nitrogens is 1. The number of aliphatic hydroxyl groups excluding tert-OH is 2. The quantitative estimate of drug-likeness (QED) is 0.604. The lowest BCUT2D eigenvalue weighted by atomic mass is 10.2. The van der Waals surface area contributed by atoms with E-state index in [2.05, 4.69) is 9.72 Å². The number of carbonyl (C=O) groups is 1. The third kappa shape index (κ3) is 2.88. The van der Waals surface area contributed by atoms with E-state index in [4.69, 9.17) is 11.6 Å². The molecule has 1 rings (SSSR count). The van der Waals surface area contributed by atoms with Crippen LogP contribution in [0.5, 0.6) is 0 Å². The molecule has 1 heterocycles. The summed E-state index contributed by atoms with van der Waals surface area (Å²) in [5, 5.41) is 20.5. The molecule has 0 fully saturated rings. The highest BCUT2D eigenvalue weighted by molar-refractivity contribution is 7.09. The minimum Gasteiger partial charge on any atom is -0.464 e. The summed E-state index contributed by atoms with van der Waals surface area (Å²) in [6, 6.07) is 0. The predicted octanol–water partition coefficient (Wildman–Crippen LogP) is 0.563. The Hall–Kier alpha value is -0.690. The number of ether oxygens (including phenoxy) is 1. The second-order valence-electron chi connectivity index (χ2n) is 2.73. The van der Waals surface area contributed by atoms with Crippen LogP contribution >= 0.6 is 22.9 Å². The first-order chi connectivity index (χ1) is 7.10. The van der Waals surface area contributed by atoms with Crippen LogP contribution in [0.4, 0.5) is 0 Å². The van der Waals surface area contributed by atoms with E-state index in [1.165, 1.54) is 12.5 Å². The second-order valence-corrected chi connectivity index (χ2v) is 3.93. The SMILES string of the molecule is COC(=O)c1csc(C(O)C(O)CCl)n1. The number of hydrogen-bond acceptors (Lipinski definition) is 6. The number of alkyl halides is 1. The summed E-state index contributed by atoms with van der Waals surface area (Å²) in [7, 11) is 1.24. The summed E-state index contributed by atoms with van der Waals surface area (Å²) in [5.41, 5.74) is 0.110. The fourth-order valence-electron chi connectivity index (χ4n) is 0.871. The summed E-state index contributed by atoms with van der Waals surface area (Å²) in [5.74, 6) is -0.682. The Morgan fingerprint density at radius 3 is 2.93 bits per heavy atom. The van der Waals surface area contributed by atoms with Gasteiger partial charge in [-0.3, -0.25) is 0 Å². The Labute approximate surface area is 95.3 Å². The van der Waals surface area contributed by atoms with Crippen molar-refractivity contribution in [3.8, 4) is 0 Å². The van der Waals surface area contributed by atoms with Crippen molar-refractivity contribution in [3.05, 3.63) is 16.1 Å². The van der Waals surface area contributed by atoms with Crippen LogP contribution in [0.2, 0.25) is 0 Å². The van der Waals surface area contributed by atoms with Gasteiger partial charge in [0.15, 0.2) is 5.69 Å². The van der Waals surface area contributed by atoms with Crippen molar-refractivity contribution in [3.63, 3.8) is 0 Å². The molecule has 0 aliphatic rings. The molecule has 15 heavy (non-hydrogen) atoms. The fraction of sp³-hybridized carbons (Fsp3) is 0.500. The molecular formula is C8H10ClNO4S. The monoisotopic (exact) mass is 251 g/mol. The lowest BCUT2D eigenvalue weighted by Crippen LogP contribution is -2.19. The van der Waals surface area contributed by atoms with Gasteiger partial charge >= 0.3 is 5.97 Å². The van der Waals surface area contributed by atoms with Crippen LogP contribution in [-0.4, -0.2) is 40.3 Å². The van der Waals surface area contributed by atoms with E-state index < -0.39 is 18.2 Å². The first-order valence-corrected chi connectivity index (χ1v) is 5.47. The van der Waals surface area contributed by atoms with Crippen LogP contribution in [-0.2, 0) is 4.74 Å². The van der Waals surface area contributed by atoms with Crippen molar-refractivity contribution < 1.29 is 19.7 Å². The number of esters is 1. The number of aliphatic hydroxyl groups is 2. The van der Waals surface area contributed by atoms with E-state index in [1.807, 2.05) is 0 Å². The summed E-state index contributed by atoms with van der Waals surface area (Å²) in [4.78, 5) is 14.9. The molecule has 84 valence electrons. The first kappa shape index (κ1) is 12.4. The smallest absolute Gasteiger partial charge is 0.357 e. The molecule has 2 unspecified atom stereocenters. The van der Waals surface area contributed by atoms with Gasteiger partial charge in [0.05, 0.1) is 19.1 Å². The molecule has 0 saturated heterocycles. The molecule has 0 aliphatic heterocycles. The first-order valence-electron chi connectivity index (χ1n) is 4.06. The average molecular weight is 252 g/mol. The highest BCUT2D eigenvalue weighted by Crippen LogP contribution is 2.22. The van der Waals surface area contributed by atoms with Gasteiger partial charge in [0.1, 0.15) is 11.1 Å². The van der Waals surface area contributed by atoms with Gasteiger partial charge in [-0.25, -0.2) is 9.78 Å². The van der Waals surface area contributed by atoms with Gasteiger partial charge in [-0.1, -0.05) is 0 Å². The van der Waals surface area contributed by atoms with Crippen LogP contribution in [0.1, 0.15) is 21.6 Å². The molecule has 2 atom stereocenters. The summed E-state index contributed by atoms with van der Waals surface area (Å²) in [6.45, 7) is 0. The van der Waals surface area contributed by atoms with Crippen LogP contribution < -0.4 is 0 Å². The lowest BCUT2D eigenvalue weighted by Gasteiger charge is -2.11. The molecule has 0 radical (unpaired) electrons.